The lowest BCUT2D eigenvalue weighted by atomic mass is 10.1. The molecule has 7 heteroatoms. The van der Waals surface area contributed by atoms with Crippen molar-refractivity contribution in [2.45, 2.75) is 0 Å². The summed E-state index contributed by atoms with van der Waals surface area (Å²) in [6.07, 6.45) is 6.00. The number of anilines is 1. The molecule has 2 aromatic rings. The Hall–Kier alpha value is -4.26. The summed E-state index contributed by atoms with van der Waals surface area (Å²) < 4.78 is 0. The van der Waals surface area contributed by atoms with Crippen LogP contribution in [0.3, 0.4) is 0 Å². The molecule has 1 aliphatic rings. The van der Waals surface area contributed by atoms with Crippen molar-refractivity contribution in [2.24, 2.45) is 0 Å². The third kappa shape index (κ3) is 6.44. The third-order valence-electron chi connectivity index (χ3n) is 3.60. The molecule has 29 heavy (non-hydrogen) atoms. The SMILES string of the molecule is O=C(O)/C=C(/C=Cc1ccccc1)C(=O)O.O=C1C=CC(=O)N1c1ccccc1. The molecule has 2 aromatic carbocycles. The van der Waals surface area contributed by atoms with Gasteiger partial charge in [0.05, 0.1) is 11.3 Å². The number of benzene rings is 2. The zero-order valence-electron chi connectivity index (χ0n) is 15.1. The number of aliphatic carboxylic acids is 2. The van der Waals surface area contributed by atoms with E-state index in [1.54, 1.807) is 54.6 Å². The minimum atomic E-state index is -1.28. The Morgan fingerprint density at radius 3 is 1.79 bits per heavy atom. The molecule has 2 N–H and O–H groups in total. The molecule has 146 valence electrons. The van der Waals surface area contributed by atoms with E-state index in [-0.39, 0.29) is 17.4 Å². The summed E-state index contributed by atoms with van der Waals surface area (Å²) in [6, 6.07) is 17.9. The maximum absolute atomic E-state index is 11.2. The van der Waals surface area contributed by atoms with Gasteiger partial charge in [-0.3, -0.25) is 9.59 Å². The second-order valence-corrected chi connectivity index (χ2v) is 5.67. The maximum Gasteiger partial charge on any atom is 0.335 e. The molecule has 0 bridgehead atoms. The fraction of sp³-hybridized carbons (Fsp3) is 0. The Balaban J connectivity index is 0.000000211. The van der Waals surface area contributed by atoms with Crippen molar-refractivity contribution >= 4 is 35.5 Å². The van der Waals surface area contributed by atoms with Gasteiger partial charge in [-0.1, -0.05) is 54.6 Å². The van der Waals surface area contributed by atoms with Gasteiger partial charge in [0, 0.05) is 18.2 Å². The Labute approximate surface area is 166 Å². The van der Waals surface area contributed by atoms with Crippen LogP contribution in [0.5, 0.6) is 0 Å². The fourth-order valence-corrected chi connectivity index (χ4v) is 2.30. The van der Waals surface area contributed by atoms with Crippen LogP contribution in [0.2, 0.25) is 0 Å². The summed E-state index contributed by atoms with van der Waals surface area (Å²) in [5, 5.41) is 17.2. The number of carbonyl (C=O) groups is 4. The van der Waals surface area contributed by atoms with E-state index < -0.39 is 11.9 Å². The highest BCUT2D eigenvalue weighted by molar-refractivity contribution is 6.28. The molecule has 7 nitrogen and oxygen atoms in total. The number of carboxylic acids is 2. The standard InChI is InChI=1S/C12H10O4.C10H7NO2/c13-11(14)8-10(12(15)16)7-6-9-4-2-1-3-5-9;12-9-6-7-10(13)11(9)8-4-2-1-3-5-8/h1-8H,(H,13,14)(H,15,16);1-7H/b7-6?,10-8-;. The summed E-state index contributed by atoms with van der Waals surface area (Å²) in [4.78, 5) is 44.6. The molecule has 1 heterocycles. The van der Waals surface area contributed by atoms with Crippen LogP contribution in [0, 0.1) is 0 Å². The van der Waals surface area contributed by atoms with Crippen molar-refractivity contribution in [3.8, 4) is 0 Å². The van der Waals surface area contributed by atoms with Gasteiger partial charge in [-0.25, -0.2) is 14.5 Å². The van der Waals surface area contributed by atoms with E-state index in [9.17, 15) is 19.2 Å². The van der Waals surface area contributed by atoms with Gasteiger partial charge in [0.15, 0.2) is 0 Å². The van der Waals surface area contributed by atoms with Gasteiger partial charge in [-0.15, -0.1) is 0 Å². The molecule has 0 spiro atoms. The van der Waals surface area contributed by atoms with Crippen LogP contribution in [0.4, 0.5) is 5.69 Å². The highest BCUT2D eigenvalue weighted by Crippen LogP contribution is 2.17. The minimum Gasteiger partial charge on any atom is -0.478 e. The Bertz CT molecular complexity index is 972. The zero-order valence-corrected chi connectivity index (χ0v) is 15.1. The van der Waals surface area contributed by atoms with Crippen LogP contribution >= 0.6 is 0 Å². The molecule has 0 atom stereocenters. The lowest BCUT2D eigenvalue weighted by Crippen LogP contribution is -2.29. The highest BCUT2D eigenvalue weighted by atomic mass is 16.4. The molecule has 0 aromatic heterocycles. The number of para-hydroxylation sites is 1. The monoisotopic (exact) mass is 391 g/mol. The van der Waals surface area contributed by atoms with E-state index in [0.29, 0.717) is 11.8 Å². The van der Waals surface area contributed by atoms with Crippen LogP contribution in [0.1, 0.15) is 5.56 Å². The van der Waals surface area contributed by atoms with Gasteiger partial charge < -0.3 is 10.2 Å². The topological polar surface area (TPSA) is 112 Å². The van der Waals surface area contributed by atoms with Crippen LogP contribution in [-0.2, 0) is 19.2 Å². The average Bonchev–Trinajstić information content (AvgIpc) is 3.05. The second kappa shape index (κ2) is 10.2. The zero-order chi connectivity index (χ0) is 21.2. The second-order valence-electron chi connectivity index (χ2n) is 5.67. The first-order chi connectivity index (χ1) is 13.9. The van der Waals surface area contributed by atoms with Gasteiger partial charge in [0.25, 0.3) is 11.8 Å². The van der Waals surface area contributed by atoms with E-state index in [2.05, 4.69) is 0 Å². The number of imide groups is 1. The summed E-state index contributed by atoms with van der Waals surface area (Å²) in [5.74, 6) is -3.11. The Morgan fingerprint density at radius 2 is 1.31 bits per heavy atom. The summed E-state index contributed by atoms with van der Waals surface area (Å²) in [6.45, 7) is 0. The molecule has 0 unspecified atom stereocenters. The van der Waals surface area contributed by atoms with Crippen molar-refractivity contribution < 1.29 is 29.4 Å². The molecule has 0 fully saturated rings. The van der Waals surface area contributed by atoms with Gasteiger partial charge in [-0.2, -0.15) is 0 Å². The van der Waals surface area contributed by atoms with Crippen molar-refractivity contribution in [1.29, 1.82) is 0 Å². The maximum atomic E-state index is 11.2. The molecule has 0 saturated heterocycles. The summed E-state index contributed by atoms with van der Waals surface area (Å²) >= 11 is 0. The van der Waals surface area contributed by atoms with Gasteiger partial charge in [-0.05, 0) is 23.8 Å². The quantitative estimate of drug-likeness (QED) is 0.460. The molecular weight excluding hydrogens is 374 g/mol. The summed E-state index contributed by atoms with van der Waals surface area (Å²) in [5.41, 5.74) is 1.15. The number of rotatable bonds is 5. The number of hydrogen-bond acceptors (Lipinski definition) is 4. The van der Waals surface area contributed by atoms with E-state index in [1.807, 2.05) is 12.1 Å². The van der Waals surface area contributed by atoms with Crippen molar-refractivity contribution in [1.82, 2.24) is 0 Å². The fourth-order valence-electron chi connectivity index (χ4n) is 2.30. The van der Waals surface area contributed by atoms with Crippen LogP contribution < -0.4 is 4.90 Å². The van der Waals surface area contributed by atoms with Gasteiger partial charge >= 0.3 is 11.9 Å². The van der Waals surface area contributed by atoms with E-state index in [4.69, 9.17) is 10.2 Å². The highest BCUT2D eigenvalue weighted by Gasteiger charge is 2.24. The lowest BCUT2D eigenvalue weighted by molar-refractivity contribution is -0.134. The molecule has 3 rings (SSSR count). The lowest BCUT2D eigenvalue weighted by Gasteiger charge is -2.12. The van der Waals surface area contributed by atoms with E-state index in [1.165, 1.54) is 18.2 Å². The van der Waals surface area contributed by atoms with Gasteiger partial charge in [0.1, 0.15) is 0 Å². The molecule has 0 radical (unpaired) electrons. The van der Waals surface area contributed by atoms with Crippen molar-refractivity contribution in [3.05, 3.63) is 96.1 Å². The normalized spacial score (nSPS) is 13.4. The van der Waals surface area contributed by atoms with Crippen molar-refractivity contribution in [3.63, 3.8) is 0 Å². The summed E-state index contributed by atoms with van der Waals surface area (Å²) in [7, 11) is 0. The number of amides is 2. The van der Waals surface area contributed by atoms with Crippen LogP contribution in [-0.4, -0.2) is 34.0 Å². The molecule has 1 aliphatic heterocycles. The van der Waals surface area contributed by atoms with Crippen LogP contribution in [0.25, 0.3) is 6.08 Å². The molecular formula is C22H17NO6. The first-order valence-corrected chi connectivity index (χ1v) is 8.40. The molecule has 0 aliphatic carbocycles. The average molecular weight is 391 g/mol. The van der Waals surface area contributed by atoms with E-state index >= 15 is 0 Å². The molecule has 2 amide bonds. The minimum absolute atomic E-state index is 0.267. The predicted octanol–water partition coefficient (Wildman–Crippen LogP) is 2.91. The third-order valence-corrected chi connectivity index (χ3v) is 3.60. The largest absolute Gasteiger partial charge is 0.478 e. The number of carboxylic acid groups (broad SMARTS) is 2. The number of hydrogen-bond donors (Lipinski definition) is 2. The van der Waals surface area contributed by atoms with Crippen LogP contribution in [0.15, 0.2) is 90.5 Å². The molecule has 0 saturated carbocycles. The Kier molecular flexibility index (Phi) is 7.38. The Morgan fingerprint density at radius 1 is 0.793 bits per heavy atom. The van der Waals surface area contributed by atoms with E-state index in [0.717, 1.165) is 10.5 Å². The predicted molar refractivity (Wildman–Crippen MR) is 107 cm³/mol. The number of nitrogens with zero attached hydrogens (tertiary/aromatic N) is 1. The first kappa shape index (κ1) is 21.0. The smallest absolute Gasteiger partial charge is 0.335 e. The first-order valence-electron chi connectivity index (χ1n) is 8.40. The van der Waals surface area contributed by atoms with Crippen molar-refractivity contribution in [2.75, 3.05) is 4.90 Å². The van der Waals surface area contributed by atoms with Gasteiger partial charge in [0.2, 0.25) is 0 Å². The number of carbonyl (C=O) groups excluding carboxylic acids is 2.